The first-order valence-electron chi connectivity index (χ1n) is 9.36. The van der Waals surface area contributed by atoms with Crippen LogP contribution in [0.5, 0.6) is 0 Å². The molecule has 1 saturated heterocycles. The number of hydrogen-bond donors (Lipinski definition) is 1. The molecule has 0 atom stereocenters. The molecule has 2 aliphatic rings. The van der Waals surface area contributed by atoms with E-state index in [9.17, 15) is 14.4 Å². The smallest absolute Gasteiger partial charge is 0.310 e. The summed E-state index contributed by atoms with van der Waals surface area (Å²) in [5, 5.41) is 0. The molecule has 2 N–H and O–H groups in total. The van der Waals surface area contributed by atoms with E-state index in [0.29, 0.717) is 25.9 Å². The van der Waals surface area contributed by atoms with E-state index in [1.165, 1.54) is 24.0 Å². The zero-order valence-corrected chi connectivity index (χ0v) is 15.0. The minimum Gasteiger partial charge on any atom is -0.455 e. The van der Waals surface area contributed by atoms with Crippen LogP contribution in [-0.4, -0.2) is 42.4 Å². The number of rotatable bonds is 5. The Balaban J connectivity index is 1.44. The molecule has 1 heterocycles. The largest absolute Gasteiger partial charge is 0.455 e. The lowest BCUT2D eigenvalue weighted by molar-refractivity contribution is -0.152. The third-order valence-corrected chi connectivity index (χ3v) is 5.37. The van der Waals surface area contributed by atoms with Gasteiger partial charge in [0.1, 0.15) is 0 Å². The Morgan fingerprint density at radius 3 is 2.46 bits per heavy atom. The fourth-order valence-corrected chi connectivity index (χ4v) is 3.76. The Kier molecular flexibility index (Phi) is 5.91. The molecule has 1 aliphatic carbocycles. The summed E-state index contributed by atoms with van der Waals surface area (Å²) in [6, 6.07) is 6.17. The fourth-order valence-electron chi connectivity index (χ4n) is 3.76. The van der Waals surface area contributed by atoms with E-state index in [2.05, 4.69) is 12.1 Å². The quantitative estimate of drug-likeness (QED) is 0.805. The van der Waals surface area contributed by atoms with Gasteiger partial charge in [-0.25, -0.2) is 0 Å². The van der Waals surface area contributed by atoms with E-state index in [1.54, 1.807) is 4.90 Å². The fraction of sp³-hybridized carbons (Fsp3) is 0.550. The summed E-state index contributed by atoms with van der Waals surface area (Å²) >= 11 is 0. The molecule has 0 radical (unpaired) electrons. The number of likely N-dealkylation sites (tertiary alicyclic amines) is 1. The Morgan fingerprint density at radius 1 is 1.08 bits per heavy atom. The van der Waals surface area contributed by atoms with Gasteiger partial charge in [-0.15, -0.1) is 0 Å². The number of esters is 1. The number of nitrogens with two attached hydrogens (primary N) is 1. The van der Waals surface area contributed by atoms with Gasteiger partial charge < -0.3 is 15.4 Å². The summed E-state index contributed by atoms with van der Waals surface area (Å²) in [5.74, 6) is -1.08. The molecule has 0 saturated carbocycles. The maximum atomic E-state index is 12.2. The zero-order chi connectivity index (χ0) is 18.5. The molecule has 1 aromatic rings. The lowest BCUT2D eigenvalue weighted by Crippen LogP contribution is -2.43. The molecule has 26 heavy (non-hydrogen) atoms. The highest BCUT2D eigenvalue weighted by molar-refractivity contribution is 5.82. The van der Waals surface area contributed by atoms with E-state index in [1.807, 2.05) is 6.07 Å². The second-order valence-corrected chi connectivity index (χ2v) is 7.21. The van der Waals surface area contributed by atoms with Crippen LogP contribution in [0.2, 0.25) is 0 Å². The van der Waals surface area contributed by atoms with Crippen molar-refractivity contribution in [3.05, 3.63) is 34.9 Å². The number of fused-ring (bicyclic) bond motifs is 1. The van der Waals surface area contributed by atoms with E-state index in [-0.39, 0.29) is 36.7 Å². The molecule has 1 aliphatic heterocycles. The molecular weight excluding hydrogens is 332 g/mol. The SMILES string of the molecule is NC(=O)C1CCN(C(=O)COC(=O)Cc2ccc3c(c2)CCCC3)CC1. The predicted molar refractivity (Wildman–Crippen MR) is 96.2 cm³/mol. The highest BCUT2D eigenvalue weighted by Crippen LogP contribution is 2.22. The van der Waals surface area contributed by atoms with E-state index in [0.717, 1.165) is 18.4 Å². The molecule has 2 amide bonds. The maximum Gasteiger partial charge on any atom is 0.310 e. The number of benzene rings is 1. The standard InChI is InChI=1S/C20H26N2O4/c21-20(25)16-7-9-22(10-8-16)18(23)13-26-19(24)12-14-5-6-15-3-1-2-4-17(15)11-14/h5-6,11,16H,1-4,7-10,12-13H2,(H2,21,25). The van der Waals surface area contributed by atoms with Gasteiger partial charge in [0.15, 0.2) is 6.61 Å². The van der Waals surface area contributed by atoms with E-state index in [4.69, 9.17) is 10.5 Å². The van der Waals surface area contributed by atoms with Gasteiger partial charge in [0, 0.05) is 19.0 Å². The molecule has 1 aromatic carbocycles. The third-order valence-electron chi connectivity index (χ3n) is 5.37. The molecule has 6 nitrogen and oxygen atoms in total. The average Bonchev–Trinajstić information content (AvgIpc) is 2.66. The third kappa shape index (κ3) is 4.62. The van der Waals surface area contributed by atoms with Crippen LogP contribution in [0, 0.1) is 5.92 Å². The van der Waals surface area contributed by atoms with Crippen molar-refractivity contribution in [1.29, 1.82) is 0 Å². The van der Waals surface area contributed by atoms with Crippen LogP contribution in [0.3, 0.4) is 0 Å². The van der Waals surface area contributed by atoms with Gasteiger partial charge in [-0.3, -0.25) is 14.4 Å². The first-order valence-corrected chi connectivity index (χ1v) is 9.36. The highest BCUT2D eigenvalue weighted by Gasteiger charge is 2.26. The Morgan fingerprint density at radius 2 is 1.77 bits per heavy atom. The molecule has 0 bridgehead atoms. The van der Waals surface area contributed by atoms with Crippen molar-refractivity contribution in [1.82, 2.24) is 4.90 Å². The number of primary amides is 1. The summed E-state index contributed by atoms with van der Waals surface area (Å²) in [7, 11) is 0. The van der Waals surface area contributed by atoms with Crippen molar-refractivity contribution in [2.75, 3.05) is 19.7 Å². The van der Waals surface area contributed by atoms with Gasteiger partial charge in [-0.05, 0) is 55.2 Å². The number of hydrogen-bond acceptors (Lipinski definition) is 4. The summed E-state index contributed by atoms with van der Waals surface area (Å²) in [6.07, 6.45) is 5.94. The summed E-state index contributed by atoms with van der Waals surface area (Å²) < 4.78 is 5.16. The van der Waals surface area contributed by atoms with Crippen LogP contribution in [0.15, 0.2) is 18.2 Å². The van der Waals surface area contributed by atoms with Crippen molar-refractivity contribution >= 4 is 17.8 Å². The molecule has 0 aromatic heterocycles. The molecule has 3 rings (SSSR count). The van der Waals surface area contributed by atoms with Crippen LogP contribution in [-0.2, 0) is 38.4 Å². The van der Waals surface area contributed by atoms with Gasteiger partial charge in [-0.2, -0.15) is 0 Å². The normalized spacial score (nSPS) is 17.5. The van der Waals surface area contributed by atoms with Crippen molar-refractivity contribution < 1.29 is 19.1 Å². The highest BCUT2D eigenvalue weighted by atomic mass is 16.5. The molecular formula is C20H26N2O4. The summed E-state index contributed by atoms with van der Waals surface area (Å²) in [4.78, 5) is 37.0. The van der Waals surface area contributed by atoms with Crippen molar-refractivity contribution in [3.8, 4) is 0 Å². The molecule has 1 fully saturated rings. The molecule has 140 valence electrons. The van der Waals surface area contributed by atoms with Crippen LogP contribution in [0.4, 0.5) is 0 Å². The Hall–Kier alpha value is -2.37. The lowest BCUT2D eigenvalue weighted by atomic mass is 9.90. The molecule has 0 unspecified atom stereocenters. The zero-order valence-electron chi connectivity index (χ0n) is 15.0. The van der Waals surface area contributed by atoms with Crippen LogP contribution < -0.4 is 5.73 Å². The summed E-state index contributed by atoms with van der Waals surface area (Å²) in [5.41, 5.74) is 8.93. The second kappa shape index (κ2) is 8.34. The molecule has 6 heteroatoms. The minimum absolute atomic E-state index is 0.161. The maximum absolute atomic E-state index is 12.2. The molecule has 0 spiro atoms. The topological polar surface area (TPSA) is 89.7 Å². The van der Waals surface area contributed by atoms with E-state index >= 15 is 0 Å². The second-order valence-electron chi connectivity index (χ2n) is 7.21. The minimum atomic E-state index is -0.388. The average molecular weight is 358 g/mol. The van der Waals surface area contributed by atoms with Gasteiger partial charge in [0.2, 0.25) is 5.91 Å². The Bertz CT molecular complexity index is 693. The lowest BCUT2D eigenvalue weighted by Gasteiger charge is -2.30. The number of piperidine rings is 1. The number of amides is 2. The number of ether oxygens (including phenoxy) is 1. The van der Waals surface area contributed by atoms with Crippen LogP contribution in [0.25, 0.3) is 0 Å². The van der Waals surface area contributed by atoms with Crippen LogP contribution in [0.1, 0.15) is 42.4 Å². The first-order chi connectivity index (χ1) is 12.5. The number of nitrogens with zero attached hydrogens (tertiary/aromatic N) is 1. The predicted octanol–water partition coefficient (Wildman–Crippen LogP) is 1.38. The van der Waals surface area contributed by atoms with Gasteiger partial charge in [0.25, 0.3) is 5.91 Å². The van der Waals surface area contributed by atoms with Gasteiger partial charge in [-0.1, -0.05) is 18.2 Å². The van der Waals surface area contributed by atoms with Gasteiger partial charge >= 0.3 is 5.97 Å². The van der Waals surface area contributed by atoms with Crippen molar-refractivity contribution in [3.63, 3.8) is 0 Å². The van der Waals surface area contributed by atoms with Crippen molar-refractivity contribution in [2.45, 2.75) is 44.9 Å². The monoisotopic (exact) mass is 358 g/mol. The van der Waals surface area contributed by atoms with Gasteiger partial charge in [0.05, 0.1) is 6.42 Å². The Labute approximate surface area is 153 Å². The van der Waals surface area contributed by atoms with Crippen LogP contribution >= 0.6 is 0 Å². The van der Waals surface area contributed by atoms with Crippen molar-refractivity contribution in [2.24, 2.45) is 11.7 Å². The number of aryl methyl sites for hydroxylation is 2. The number of carbonyl (C=O) groups is 3. The first kappa shape index (κ1) is 18.4. The van der Waals surface area contributed by atoms with E-state index < -0.39 is 0 Å². The summed E-state index contributed by atoms with van der Waals surface area (Å²) in [6.45, 7) is 0.717. The number of carbonyl (C=O) groups excluding carboxylic acids is 3.